The van der Waals surface area contributed by atoms with Gasteiger partial charge < -0.3 is 34.0 Å². The summed E-state index contributed by atoms with van der Waals surface area (Å²) in [6.45, 7) is 13.4. The van der Waals surface area contributed by atoms with Crippen molar-refractivity contribution in [3.8, 4) is 5.75 Å². The average molecular weight is 665 g/mol. The number of aryl methyl sites for hydroxylation is 1. The Bertz CT molecular complexity index is 955. The van der Waals surface area contributed by atoms with E-state index in [-0.39, 0.29) is 35.3 Å². The first kappa shape index (κ1) is 36.4. The van der Waals surface area contributed by atoms with Gasteiger partial charge in [-0.1, -0.05) is 117 Å². The van der Waals surface area contributed by atoms with Gasteiger partial charge >= 0.3 is 0 Å². The van der Waals surface area contributed by atoms with E-state index in [0.717, 1.165) is 42.9 Å². The Balaban J connectivity index is 0.00000800. The van der Waals surface area contributed by atoms with Crippen LogP contribution in [0, 0.1) is 0 Å². The van der Waals surface area contributed by atoms with Gasteiger partial charge in [-0.3, -0.25) is 4.79 Å². The summed E-state index contributed by atoms with van der Waals surface area (Å²) in [7, 11) is 0. The predicted octanol–water partition coefficient (Wildman–Crippen LogP) is 5.62. The molecule has 0 aliphatic heterocycles. The third kappa shape index (κ3) is 15.4. The minimum atomic E-state index is -0.0463. The van der Waals surface area contributed by atoms with E-state index in [1.165, 1.54) is 76.2 Å². The van der Waals surface area contributed by atoms with Crippen LogP contribution in [0.1, 0.15) is 135 Å². The molecule has 0 atom stereocenters. The van der Waals surface area contributed by atoms with Crippen molar-refractivity contribution in [2.75, 3.05) is 6.61 Å². The Hall–Kier alpha value is -1.63. The van der Waals surface area contributed by atoms with Crippen molar-refractivity contribution in [1.82, 2.24) is 5.32 Å². The van der Waals surface area contributed by atoms with Crippen molar-refractivity contribution in [2.45, 2.75) is 143 Å². The summed E-state index contributed by atoms with van der Waals surface area (Å²) in [6, 6.07) is 10.4. The van der Waals surface area contributed by atoms with Crippen molar-refractivity contribution in [3.05, 3.63) is 59.4 Å². The lowest BCUT2D eigenvalue weighted by molar-refractivity contribution is -0.697. The number of nitrogens with one attached hydrogen (secondary N) is 1. The number of carbonyl (C=O) groups is 1. The Morgan fingerprint density at radius 3 is 2.05 bits per heavy atom. The van der Waals surface area contributed by atoms with Gasteiger partial charge in [0.15, 0.2) is 12.4 Å². The molecule has 4 nitrogen and oxygen atoms in total. The molecular formula is C35H57IN2O2. The molecule has 2 aromatic rings. The molecule has 0 saturated heterocycles. The second kappa shape index (κ2) is 21.1. The summed E-state index contributed by atoms with van der Waals surface area (Å²) in [4.78, 5) is 12.7. The Morgan fingerprint density at radius 2 is 1.45 bits per heavy atom. The number of benzene rings is 1. The second-order valence-electron chi connectivity index (χ2n) is 12.2. The normalized spacial score (nSPS) is 11.2. The van der Waals surface area contributed by atoms with Crippen LogP contribution in [0.4, 0.5) is 0 Å². The standard InChI is InChI=1S/C35H56N2O2.HI/c1-6-8-9-10-11-12-13-14-15-16-17-18-25-39-33-22-21-30(26-32(33)35(3,4)5)27-34(38)36-28-31-20-19-24-37(29-31)23-7-2;/h19-22,24,26,29H,6-18,23,25,27-28H2,1-5H3;1H. The Labute approximate surface area is 263 Å². The highest BCUT2D eigenvalue weighted by Crippen LogP contribution is 2.32. The van der Waals surface area contributed by atoms with Gasteiger partial charge in [-0.25, -0.2) is 4.57 Å². The van der Waals surface area contributed by atoms with Gasteiger partial charge in [0.05, 0.1) is 13.0 Å². The van der Waals surface area contributed by atoms with E-state index in [9.17, 15) is 4.79 Å². The van der Waals surface area contributed by atoms with Gasteiger partial charge in [0.2, 0.25) is 5.91 Å². The molecule has 1 heterocycles. The third-order valence-electron chi connectivity index (χ3n) is 7.36. The molecule has 1 amide bonds. The lowest BCUT2D eigenvalue weighted by Gasteiger charge is -2.24. The molecule has 0 radical (unpaired) electrons. The van der Waals surface area contributed by atoms with Gasteiger partial charge in [-0.15, -0.1) is 0 Å². The van der Waals surface area contributed by atoms with E-state index >= 15 is 0 Å². The first-order chi connectivity index (χ1) is 18.8. The maximum Gasteiger partial charge on any atom is 0.224 e. The first-order valence-electron chi connectivity index (χ1n) is 15.8. The molecule has 226 valence electrons. The number of amides is 1. The van der Waals surface area contributed by atoms with Crippen LogP contribution in [0.15, 0.2) is 42.7 Å². The number of unbranched alkanes of at least 4 members (excludes halogenated alkanes) is 11. The zero-order valence-electron chi connectivity index (χ0n) is 26.2. The Kier molecular flexibility index (Phi) is 19.2. The topological polar surface area (TPSA) is 42.2 Å². The molecule has 1 aromatic carbocycles. The van der Waals surface area contributed by atoms with Crippen LogP contribution in [0.5, 0.6) is 5.75 Å². The number of hydrogen-bond donors (Lipinski definition) is 1. The largest absolute Gasteiger partial charge is 1.00 e. The molecule has 2 rings (SSSR count). The summed E-state index contributed by atoms with van der Waals surface area (Å²) >= 11 is 0. The smallest absolute Gasteiger partial charge is 0.224 e. The molecule has 1 N–H and O–H groups in total. The van der Waals surface area contributed by atoms with Crippen molar-refractivity contribution in [1.29, 1.82) is 0 Å². The number of nitrogens with zero attached hydrogens (tertiary/aromatic N) is 1. The first-order valence-corrected chi connectivity index (χ1v) is 15.8. The van der Waals surface area contributed by atoms with E-state index in [4.69, 9.17) is 4.74 Å². The van der Waals surface area contributed by atoms with Gasteiger partial charge in [0.1, 0.15) is 12.3 Å². The molecule has 0 bridgehead atoms. The monoisotopic (exact) mass is 664 g/mol. The van der Waals surface area contributed by atoms with E-state index in [1.807, 2.05) is 12.1 Å². The van der Waals surface area contributed by atoms with Crippen LogP contribution in [0.3, 0.4) is 0 Å². The highest BCUT2D eigenvalue weighted by Gasteiger charge is 2.20. The third-order valence-corrected chi connectivity index (χ3v) is 7.36. The van der Waals surface area contributed by atoms with Crippen molar-refractivity contribution in [3.63, 3.8) is 0 Å². The zero-order chi connectivity index (χ0) is 28.3. The van der Waals surface area contributed by atoms with Crippen LogP contribution in [-0.4, -0.2) is 12.5 Å². The molecule has 5 heteroatoms. The molecule has 0 aliphatic carbocycles. The lowest BCUT2D eigenvalue weighted by Crippen LogP contribution is -3.00. The summed E-state index contributed by atoms with van der Waals surface area (Å²) in [5.74, 6) is 1.01. The quantitative estimate of drug-likeness (QED) is 0.113. The van der Waals surface area contributed by atoms with Crippen molar-refractivity contribution >= 4 is 5.91 Å². The SMILES string of the molecule is CCCCCCCCCCCCCCOc1ccc(CC(=O)NCc2ccc[n+](CCC)c2)cc1C(C)(C)C.[I-]. The number of hydrogen-bond acceptors (Lipinski definition) is 2. The zero-order valence-corrected chi connectivity index (χ0v) is 28.4. The summed E-state index contributed by atoms with van der Waals surface area (Å²) in [6.07, 6.45) is 21.8. The maximum absolute atomic E-state index is 12.7. The molecule has 1 aromatic heterocycles. The van der Waals surface area contributed by atoms with Gasteiger partial charge in [0, 0.05) is 24.6 Å². The van der Waals surface area contributed by atoms with Crippen LogP contribution in [-0.2, 0) is 29.7 Å². The molecular weight excluding hydrogens is 607 g/mol. The Morgan fingerprint density at radius 1 is 0.825 bits per heavy atom. The van der Waals surface area contributed by atoms with Crippen LogP contribution < -0.4 is 38.6 Å². The maximum atomic E-state index is 12.7. The molecule has 0 fully saturated rings. The molecule has 0 saturated carbocycles. The predicted molar refractivity (Wildman–Crippen MR) is 164 cm³/mol. The van der Waals surface area contributed by atoms with Crippen LogP contribution >= 0.6 is 0 Å². The van der Waals surface area contributed by atoms with Crippen LogP contribution in [0.2, 0.25) is 0 Å². The minimum Gasteiger partial charge on any atom is -1.00 e. The van der Waals surface area contributed by atoms with E-state index in [0.29, 0.717) is 13.0 Å². The molecule has 0 spiro atoms. The van der Waals surface area contributed by atoms with E-state index < -0.39 is 0 Å². The number of halogens is 1. The number of pyridine rings is 1. The summed E-state index contributed by atoms with van der Waals surface area (Å²) in [5, 5.41) is 3.09. The number of aromatic nitrogens is 1. The fourth-order valence-corrected chi connectivity index (χ4v) is 5.05. The highest BCUT2D eigenvalue weighted by atomic mass is 127. The summed E-state index contributed by atoms with van der Waals surface area (Å²) in [5.41, 5.74) is 3.28. The van der Waals surface area contributed by atoms with Crippen LogP contribution in [0.25, 0.3) is 0 Å². The minimum absolute atomic E-state index is 0. The van der Waals surface area contributed by atoms with Gasteiger partial charge in [0.25, 0.3) is 0 Å². The fourth-order valence-electron chi connectivity index (χ4n) is 5.05. The van der Waals surface area contributed by atoms with Gasteiger partial charge in [-0.2, -0.15) is 0 Å². The van der Waals surface area contributed by atoms with E-state index in [1.54, 1.807) is 0 Å². The fraction of sp³-hybridized carbons (Fsp3) is 0.657. The second-order valence-corrected chi connectivity index (χ2v) is 12.2. The highest BCUT2D eigenvalue weighted by molar-refractivity contribution is 5.78. The van der Waals surface area contributed by atoms with Gasteiger partial charge in [-0.05, 0) is 35.1 Å². The summed E-state index contributed by atoms with van der Waals surface area (Å²) < 4.78 is 8.42. The number of carbonyl (C=O) groups excluding carboxylic acids is 1. The molecule has 0 unspecified atom stereocenters. The van der Waals surface area contributed by atoms with E-state index in [2.05, 4.69) is 75.1 Å². The molecule has 0 aliphatic rings. The number of ether oxygens (including phenoxy) is 1. The molecule has 40 heavy (non-hydrogen) atoms. The average Bonchev–Trinajstić information content (AvgIpc) is 2.90. The van der Waals surface area contributed by atoms with Crippen molar-refractivity contribution < 1.29 is 38.1 Å². The lowest BCUT2D eigenvalue weighted by atomic mass is 9.85. The number of rotatable bonds is 20. The van der Waals surface area contributed by atoms with Crippen molar-refractivity contribution in [2.24, 2.45) is 0 Å².